The van der Waals surface area contributed by atoms with E-state index in [1.807, 2.05) is 38.4 Å². The van der Waals surface area contributed by atoms with Gasteiger partial charge in [-0.2, -0.15) is 0 Å². The van der Waals surface area contributed by atoms with Crippen LogP contribution in [0.5, 0.6) is 5.75 Å². The van der Waals surface area contributed by atoms with Gasteiger partial charge in [0.1, 0.15) is 11.4 Å². The fraction of sp³-hybridized carbons (Fsp3) is 0.632. The zero-order valence-corrected chi connectivity index (χ0v) is 15.1. The van der Waals surface area contributed by atoms with Crippen LogP contribution in [0.1, 0.15) is 45.4 Å². The third-order valence-electron chi connectivity index (χ3n) is 4.26. The van der Waals surface area contributed by atoms with Crippen LogP contribution in [0, 0.1) is 0 Å². The quantitative estimate of drug-likeness (QED) is 0.808. The van der Waals surface area contributed by atoms with Crippen LogP contribution in [0.25, 0.3) is 0 Å². The summed E-state index contributed by atoms with van der Waals surface area (Å²) in [5, 5.41) is 2.86. The molecular weight excluding hydrogens is 304 g/mol. The SMILES string of the molecule is CCCOc1ccccc1NC(=O)OC1(CN(C)C)CCCCC1. The number of ether oxygens (including phenoxy) is 2. The van der Waals surface area contributed by atoms with Gasteiger partial charge in [0.05, 0.1) is 12.3 Å². The van der Waals surface area contributed by atoms with Gasteiger partial charge in [0.15, 0.2) is 0 Å². The maximum atomic E-state index is 12.5. The minimum absolute atomic E-state index is 0.384. The van der Waals surface area contributed by atoms with E-state index in [-0.39, 0.29) is 5.60 Å². The van der Waals surface area contributed by atoms with E-state index < -0.39 is 6.09 Å². The average molecular weight is 334 g/mol. The van der Waals surface area contributed by atoms with Gasteiger partial charge in [-0.15, -0.1) is 0 Å². The molecule has 1 aromatic carbocycles. The standard InChI is InChI=1S/C19H30N2O3/c1-4-14-23-17-11-7-6-10-16(17)20-18(22)24-19(15-21(2)3)12-8-5-9-13-19/h6-7,10-11H,4-5,8-9,12-15H2,1-3H3,(H,20,22). The van der Waals surface area contributed by atoms with Crippen molar-refractivity contribution in [1.82, 2.24) is 4.90 Å². The lowest BCUT2D eigenvalue weighted by atomic mass is 9.84. The Bertz CT molecular complexity index is 525. The Hall–Kier alpha value is -1.75. The second-order valence-corrected chi connectivity index (χ2v) is 6.84. The lowest BCUT2D eigenvalue weighted by Crippen LogP contribution is -2.46. The van der Waals surface area contributed by atoms with Crippen molar-refractivity contribution < 1.29 is 14.3 Å². The number of amides is 1. The van der Waals surface area contributed by atoms with Gasteiger partial charge in [0, 0.05) is 6.54 Å². The summed E-state index contributed by atoms with van der Waals surface area (Å²) in [4.78, 5) is 14.6. The van der Waals surface area contributed by atoms with Gasteiger partial charge in [0.2, 0.25) is 0 Å². The van der Waals surface area contributed by atoms with E-state index >= 15 is 0 Å². The Morgan fingerprint density at radius 1 is 1.21 bits per heavy atom. The molecule has 0 bridgehead atoms. The van der Waals surface area contributed by atoms with Gasteiger partial charge in [-0.3, -0.25) is 5.32 Å². The number of carbonyl (C=O) groups is 1. The normalized spacial score (nSPS) is 16.7. The molecule has 0 heterocycles. The van der Waals surface area contributed by atoms with Crippen LogP contribution in [0.4, 0.5) is 10.5 Å². The molecule has 0 saturated heterocycles. The molecule has 0 spiro atoms. The Kier molecular flexibility index (Phi) is 6.91. The van der Waals surface area contributed by atoms with Gasteiger partial charge in [-0.05, 0) is 58.3 Å². The van der Waals surface area contributed by atoms with Crippen LogP contribution in [-0.4, -0.2) is 43.8 Å². The molecule has 1 aromatic rings. The number of hydrogen-bond donors (Lipinski definition) is 1. The lowest BCUT2D eigenvalue weighted by molar-refractivity contribution is -0.0261. The molecule has 1 N–H and O–H groups in total. The molecular formula is C19H30N2O3. The van der Waals surface area contributed by atoms with Crippen LogP contribution in [0.15, 0.2) is 24.3 Å². The summed E-state index contributed by atoms with van der Waals surface area (Å²) >= 11 is 0. The first-order chi connectivity index (χ1) is 11.5. The highest BCUT2D eigenvalue weighted by atomic mass is 16.6. The topological polar surface area (TPSA) is 50.8 Å². The number of carbonyl (C=O) groups excluding carboxylic acids is 1. The second-order valence-electron chi connectivity index (χ2n) is 6.84. The van der Waals surface area contributed by atoms with E-state index in [0.717, 1.165) is 38.6 Å². The van der Waals surface area contributed by atoms with E-state index in [1.165, 1.54) is 6.42 Å². The predicted molar refractivity (Wildman–Crippen MR) is 96.7 cm³/mol. The number of hydrogen-bond acceptors (Lipinski definition) is 4. The molecule has 0 unspecified atom stereocenters. The lowest BCUT2D eigenvalue weighted by Gasteiger charge is -2.38. The number of anilines is 1. The Morgan fingerprint density at radius 3 is 2.58 bits per heavy atom. The van der Waals surface area contributed by atoms with Crippen LogP contribution in [-0.2, 0) is 4.74 Å². The van der Waals surface area contributed by atoms with Crippen molar-refractivity contribution in [2.45, 2.75) is 51.0 Å². The number of benzene rings is 1. The minimum atomic E-state index is -0.397. The number of rotatable bonds is 7. The van der Waals surface area contributed by atoms with E-state index in [4.69, 9.17) is 9.47 Å². The summed E-state index contributed by atoms with van der Waals surface area (Å²) in [6.07, 6.45) is 5.80. The van der Waals surface area contributed by atoms with Crippen molar-refractivity contribution in [2.24, 2.45) is 0 Å². The molecule has 0 aliphatic heterocycles. The highest BCUT2D eigenvalue weighted by Gasteiger charge is 2.36. The van der Waals surface area contributed by atoms with Crippen LogP contribution < -0.4 is 10.1 Å². The Labute approximate surface area is 145 Å². The second kappa shape index (κ2) is 8.92. The fourth-order valence-electron chi connectivity index (χ4n) is 3.30. The summed E-state index contributed by atoms with van der Waals surface area (Å²) in [6.45, 7) is 3.44. The molecule has 134 valence electrons. The maximum absolute atomic E-state index is 12.5. The molecule has 2 rings (SSSR count). The number of likely N-dealkylation sites (N-methyl/N-ethyl adjacent to an activating group) is 1. The highest BCUT2D eigenvalue weighted by Crippen LogP contribution is 2.33. The summed E-state index contributed by atoms with van der Waals surface area (Å²) in [5.74, 6) is 0.682. The van der Waals surface area contributed by atoms with Gasteiger partial charge in [-0.25, -0.2) is 4.79 Å². The van der Waals surface area contributed by atoms with Crippen molar-refractivity contribution in [3.63, 3.8) is 0 Å². The Balaban J connectivity index is 2.03. The highest BCUT2D eigenvalue weighted by molar-refractivity contribution is 5.87. The van der Waals surface area contributed by atoms with Crippen molar-refractivity contribution >= 4 is 11.8 Å². The first kappa shape index (κ1) is 18.6. The zero-order chi connectivity index (χ0) is 17.4. The number of nitrogens with zero attached hydrogens (tertiary/aromatic N) is 1. The molecule has 1 aliphatic carbocycles. The molecule has 5 nitrogen and oxygen atoms in total. The average Bonchev–Trinajstić information content (AvgIpc) is 2.54. The van der Waals surface area contributed by atoms with E-state index in [2.05, 4.69) is 17.1 Å². The molecule has 1 amide bonds. The molecule has 24 heavy (non-hydrogen) atoms. The van der Waals surface area contributed by atoms with E-state index in [0.29, 0.717) is 18.0 Å². The molecule has 1 fully saturated rings. The first-order valence-corrected chi connectivity index (χ1v) is 8.91. The van der Waals surface area contributed by atoms with Gasteiger partial charge in [0.25, 0.3) is 0 Å². The molecule has 1 aliphatic rings. The van der Waals surface area contributed by atoms with Crippen molar-refractivity contribution in [1.29, 1.82) is 0 Å². The van der Waals surface area contributed by atoms with Crippen LogP contribution >= 0.6 is 0 Å². The summed E-state index contributed by atoms with van der Waals surface area (Å²) in [7, 11) is 4.04. The monoisotopic (exact) mass is 334 g/mol. The zero-order valence-electron chi connectivity index (χ0n) is 15.1. The summed E-state index contributed by atoms with van der Waals surface area (Å²) in [5.41, 5.74) is 0.275. The number of nitrogens with one attached hydrogen (secondary N) is 1. The molecule has 0 aromatic heterocycles. The van der Waals surface area contributed by atoms with Crippen molar-refractivity contribution in [2.75, 3.05) is 32.6 Å². The van der Waals surface area contributed by atoms with E-state index in [9.17, 15) is 4.79 Å². The summed E-state index contributed by atoms with van der Waals surface area (Å²) in [6, 6.07) is 7.48. The van der Waals surface area contributed by atoms with E-state index in [1.54, 1.807) is 0 Å². The predicted octanol–water partition coefficient (Wildman–Crippen LogP) is 4.29. The van der Waals surface area contributed by atoms with Gasteiger partial charge >= 0.3 is 6.09 Å². The molecule has 0 atom stereocenters. The number of para-hydroxylation sites is 2. The summed E-state index contributed by atoms with van der Waals surface area (Å²) < 4.78 is 11.6. The molecule has 0 radical (unpaired) electrons. The molecule has 1 saturated carbocycles. The smallest absolute Gasteiger partial charge is 0.412 e. The third-order valence-corrected chi connectivity index (χ3v) is 4.26. The fourth-order valence-corrected chi connectivity index (χ4v) is 3.30. The minimum Gasteiger partial charge on any atom is -0.491 e. The largest absolute Gasteiger partial charge is 0.491 e. The van der Waals surface area contributed by atoms with Crippen molar-refractivity contribution in [3.8, 4) is 5.75 Å². The Morgan fingerprint density at radius 2 is 1.92 bits per heavy atom. The van der Waals surface area contributed by atoms with Crippen LogP contribution in [0.3, 0.4) is 0 Å². The van der Waals surface area contributed by atoms with Crippen molar-refractivity contribution in [3.05, 3.63) is 24.3 Å². The van der Waals surface area contributed by atoms with Gasteiger partial charge < -0.3 is 14.4 Å². The maximum Gasteiger partial charge on any atom is 0.412 e. The molecule has 5 heteroatoms. The van der Waals surface area contributed by atoms with Crippen LogP contribution in [0.2, 0.25) is 0 Å². The first-order valence-electron chi connectivity index (χ1n) is 8.91. The third kappa shape index (κ3) is 5.41. The van der Waals surface area contributed by atoms with Gasteiger partial charge in [-0.1, -0.05) is 25.5 Å².